The molecule has 1 amide bonds. The smallest absolute Gasteiger partial charge is 0.272 e. The summed E-state index contributed by atoms with van der Waals surface area (Å²) in [4.78, 5) is 26.8. The monoisotopic (exact) mass is 494 g/mol. The summed E-state index contributed by atoms with van der Waals surface area (Å²) in [6, 6.07) is 15.2. The molecule has 0 unspecified atom stereocenters. The second-order valence-electron chi connectivity index (χ2n) is 8.59. The highest BCUT2D eigenvalue weighted by Crippen LogP contribution is 2.25. The highest BCUT2D eigenvalue weighted by Gasteiger charge is 2.13. The summed E-state index contributed by atoms with van der Waals surface area (Å²) in [5, 5.41) is 14.9. The third kappa shape index (κ3) is 5.05. The molecule has 11 nitrogen and oxygen atoms in total. The first kappa shape index (κ1) is 23.4. The molecule has 11 heteroatoms. The number of anilines is 2. The summed E-state index contributed by atoms with van der Waals surface area (Å²) in [5.74, 6) is 1.33. The van der Waals surface area contributed by atoms with Crippen LogP contribution in [0.2, 0.25) is 0 Å². The predicted molar refractivity (Wildman–Crippen MR) is 144 cm³/mol. The maximum atomic E-state index is 12.8. The van der Waals surface area contributed by atoms with Gasteiger partial charge in [0.2, 0.25) is 0 Å². The molecule has 5 aromatic rings. The first-order chi connectivity index (χ1) is 17.9. The SMILES string of the molecule is CN(C)/C(N)=C/C(=C\N)NC(=O)c1cc2ccc(-c3nccc(Nc4ccc5[nH]ncc5c4)n3)cc2[nH]1. The van der Waals surface area contributed by atoms with E-state index < -0.39 is 0 Å². The average Bonchev–Trinajstić information content (AvgIpc) is 3.54. The van der Waals surface area contributed by atoms with Crippen molar-refractivity contribution in [3.8, 4) is 11.4 Å². The molecule has 186 valence electrons. The second-order valence-corrected chi connectivity index (χ2v) is 8.59. The number of allylic oxidation sites excluding steroid dienone is 1. The van der Waals surface area contributed by atoms with E-state index in [2.05, 4.69) is 35.8 Å². The van der Waals surface area contributed by atoms with Gasteiger partial charge in [0.15, 0.2) is 5.82 Å². The van der Waals surface area contributed by atoms with Crippen molar-refractivity contribution in [2.75, 3.05) is 19.4 Å². The van der Waals surface area contributed by atoms with Crippen LogP contribution < -0.4 is 22.1 Å². The van der Waals surface area contributed by atoms with E-state index in [4.69, 9.17) is 11.5 Å². The lowest BCUT2D eigenvalue weighted by atomic mass is 10.1. The molecule has 37 heavy (non-hydrogen) atoms. The van der Waals surface area contributed by atoms with E-state index in [-0.39, 0.29) is 5.91 Å². The van der Waals surface area contributed by atoms with Gasteiger partial charge < -0.3 is 32.0 Å². The number of nitrogens with zero attached hydrogens (tertiary/aromatic N) is 4. The van der Waals surface area contributed by atoms with Crippen LogP contribution in [0.25, 0.3) is 33.2 Å². The Morgan fingerprint density at radius 1 is 1.05 bits per heavy atom. The molecule has 0 spiro atoms. The molecule has 0 aliphatic carbocycles. The summed E-state index contributed by atoms with van der Waals surface area (Å²) in [5.41, 5.74) is 15.8. The van der Waals surface area contributed by atoms with Crippen LogP contribution in [-0.4, -0.2) is 50.1 Å². The Morgan fingerprint density at radius 3 is 2.73 bits per heavy atom. The largest absolute Gasteiger partial charge is 0.403 e. The van der Waals surface area contributed by atoms with E-state index in [1.165, 1.54) is 6.20 Å². The second kappa shape index (κ2) is 9.74. The van der Waals surface area contributed by atoms with Crippen molar-refractivity contribution in [3.05, 3.63) is 90.4 Å². The first-order valence-electron chi connectivity index (χ1n) is 11.4. The number of carbonyl (C=O) groups excluding carboxylic acids is 1. The molecule has 3 heterocycles. The Labute approximate surface area is 212 Å². The minimum absolute atomic E-state index is 0.339. The van der Waals surface area contributed by atoms with Crippen LogP contribution in [0, 0.1) is 0 Å². The number of H-pyrrole nitrogens is 2. The molecule has 0 saturated heterocycles. The van der Waals surface area contributed by atoms with Crippen molar-refractivity contribution in [2.24, 2.45) is 11.5 Å². The minimum atomic E-state index is -0.339. The van der Waals surface area contributed by atoms with Crippen molar-refractivity contribution in [3.63, 3.8) is 0 Å². The Bertz CT molecular complexity index is 1660. The molecule has 0 fully saturated rings. The zero-order valence-electron chi connectivity index (χ0n) is 20.3. The lowest BCUT2D eigenvalue weighted by Gasteiger charge is -2.13. The van der Waals surface area contributed by atoms with E-state index in [0.29, 0.717) is 28.9 Å². The number of carbonyl (C=O) groups is 1. The van der Waals surface area contributed by atoms with Crippen molar-refractivity contribution in [1.29, 1.82) is 0 Å². The van der Waals surface area contributed by atoms with Gasteiger partial charge in [0.05, 0.1) is 17.4 Å². The topological polar surface area (TPSA) is 167 Å². The molecule has 2 aromatic carbocycles. The van der Waals surface area contributed by atoms with Crippen molar-refractivity contribution in [1.82, 2.24) is 35.4 Å². The van der Waals surface area contributed by atoms with Crippen LogP contribution in [0.1, 0.15) is 10.5 Å². The molecule has 5 rings (SSSR count). The van der Waals surface area contributed by atoms with Gasteiger partial charge in [-0.25, -0.2) is 9.97 Å². The van der Waals surface area contributed by atoms with E-state index >= 15 is 0 Å². The van der Waals surface area contributed by atoms with Gasteiger partial charge in [0.25, 0.3) is 5.91 Å². The summed E-state index contributed by atoms with van der Waals surface area (Å²) in [6.07, 6.45) is 6.35. The van der Waals surface area contributed by atoms with Crippen LogP contribution in [0.3, 0.4) is 0 Å². The highest BCUT2D eigenvalue weighted by atomic mass is 16.1. The number of aromatic nitrogens is 5. The van der Waals surface area contributed by atoms with Crippen LogP contribution in [0.4, 0.5) is 11.5 Å². The van der Waals surface area contributed by atoms with Gasteiger partial charge in [-0.05, 0) is 36.4 Å². The summed E-state index contributed by atoms with van der Waals surface area (Å²) < 4.78 is 0. The number of benzene rings is 2. The Hall–Kier alpha value is -5.32. The number of rotatable bonds is 7. The van der Waals surface area contributed by atoms with Crippen molar-refractivity contribution >= 4 is 39.2 Å². The van der Waals surface area contributed by atoms with Crippen molar-refractivity contribution < 1.29 is 4.79 Å². The Kier molecular flexibility index (Phi) is 6.17. The third-order valence-corrected chi connectivity index (χ3v) is 5.75. The average molecular weight is 495 g/mol. The van der Waals surface area contributed by atoms with Crippen LogP contribution in [0.5, 0.6) is 0 Å². The molecule has 0 saturated carbocycles. The van der Waals surface area contributed by atoms with Crippen LogP contribution in [0.15, 0.2) is 84.7 Å². The van der Waals surface area contributed by atoms with E-state index in [1.54, 1.807) is 49.6 Å². The van der Waals surface area contributed by atoms with E-state index in [1.807, 2.05) is 36.4 Å². The number of nitrogens with one attached hydrogen (secondary N) is 4. The molecule has 0 aliphatic rings. The number of fused-ring (bicyclic) bond motifs is 2. The fraction of sp³-hybridized carbons (Fsp3) is 0.0769. The van der Waals surface area contributed by atoms with Gasteiger partial charge in [-0.3, -0.25) is 9.89 Å². The number of hydrogen-bond acceptors (Lipinski definition) is 8. The zero-order chi connectivity index (χ0) is 25.9. The molecular weight excluding hydrogens is 468 g/mol. The lowest BCUT2D eigenvalue weighted by Crippen LogP contribution is -2.25. The quantitative estimate of drug-likeness (QED) is 0.188. The molecule has 3 aromatic heterocycles. The fourth-order valence-corrected chi connectivity index (χ4v) is 3.74. The van der Waals surface area contributed by atoms with Crippen molar-refractivity contribution in [2.45, 2.75) is 0 Å². The van der Waals surface area contributed by atoms with Gasteiger partial charge in [-0.2, -0.15) is 5.10 Å². The summed E-state index contributed by atoms with van der Waals surface area (Å²) in [7, 11) is 3.60. The zero-order valence-corrected chi connectivity index (χ0v) is 20.3. The van der Waals surface area contributed by atoms with Gasteiger partial charge in [0.1, 0.15) is 17.3 Å². The maximum Gasteiger partial charge on any atom is 0.272 e. The third-order valence-electron chi connectivity index (χ3n) is 5.75. The van der Waals surface area contributed by atoms with E-state index in [0.717, 1.165) is 33.1 Å². The minimum Gasteiger partial charge on any atom is -0.403 e. The normalized spacial score (nSPS) is 12.2. The number of amides is 1. The predicted octanol–water partition coefficient (Wildman–Crippen LogP) is 3.14. The Balaban J connectivity index is 1.36. The number of hydrogen-bond donors (Lipinski definition) is 6. The molecule has 8 N–H and O–H groups in total. The van der Waals surface area contributed by atoms with Gasteiger partial charge >= 0.3 is 0 Å². The van der Waals surface area contributed by atoms with Gasteiger partial charge in [-0.1, -0.05) is 12.1 Å². The Morgan fingerprint density at radius 2 is 1.92 bits per heavy atom. The number of nitrogens with two attached hydrogens (primary N) is 2. The van der Waals surface area contributed by atoms with Crippen LogP contribution in [-0.2, 0) is 0 Å². The summed E-state index contributed by atoms with van der Waals surface area (Å²) in [6.45, 7) is 0. The van der Waals surface area contributed by atoms with E-state index in [9.17, 15) is 4.79 Å². The van der Waals surface area contributed by atoms with Gasteiger partial charge in [-0.15, -0.1) is 0 Å². The fourth-order valence-electron chi connectivity index (χ4n) is 3.74. The maximum absolute atomic E-state index is 12.8. The molecular formula is C26H26N10O. The molecule has 0 atom stereocenters. The van der Waals surface area contributed by atoms with Crippen LogP contribution >= 0.6 is 0 Å². The highest BCUT2D eigenvalue weighted by molar-refractivity contribution is 5.99. The van der Waals surface area contributed by atoms with Gasteiger partial charge in [0, 0.05) is 60.1 Å². The lowest BCUT2D eigenvalue weighted by molar-refractivity contribution is 0.0963. The molecule has 0 radical (unpaired) electrons. The summed E-state index contributed by atoms with van der Waals surface area (Å²) >= 11 is 0. The standard InChI is InChI=1S/C26H26N10O/c1-36(2)23(28)12-19(13-27)32-26(37)22-10-15-3-4-16(11-21(15)33-22)25-29-8-7-24(34-25)31-18-5-6-20-17(9-18)14-30-35-20/h3-14,33H,27-28H2,1-2H3,(H,30,35)(H,32,37)(H,29,31,34)/b19-13+,23-12+. The number of aromatic amines is 2. The molecule has 0 bridgehead atoms. The first-order valence-corrected chi connectivity index (χ1v) is 11.4. The molecule has 0 aliphatic heterocycles.